The first-order chi connectivity index (χ1) is 9.59. The lowest BCUT2D eigenvalue weighted by Gasteiger charge is -2.13. The summed E-state index contributed by atoms with van der Waals surface area (Å²) in [7, 11) is 0. The Labute approximate surface area is 116 Å². The molecule has 2 aromatic rings. The van der Waals surface area contributed by atoms with Crippen molar-refractivity contribution in [1.82, 2.24) is 0 Å². The lowest BCUT2D eigenvalue weighted by atomic mass is 10.1. The van der Waals surface area contributed by atoms with Crippen molar-refractivity contribution in [3.63, 3.8) is 0 Å². The maximum absolute atomic E-state index is 12.0. The van der Waals surface area contributed by atoms with E-state index in [1.54, 1.807) is 13.0 Å². The summed E-state index contributed by atoms with van der Waals surface area (Å²) in [6.45, 7) is 1.72. The molecule has 5 nitrogen and oxygen atoms in total. The summed E-state index contributed by atoms with van der Waals surface area (Å²) < 4.78 is 5.27. The van der Waals surface area contributed by atoms with E-state index in [1.807, 2.05) is 30.3 Å². The van der Waals surface area contributed by atoms with Crippen LogP contribution in [-0.4, -0.2) is 10.9 Å². The Morgan fingerprint density at radius 2 is 1.70 bits per heavy atom. The molecule has 0 aliphatic carbocycles. The number of rotatable bonds is 4. The van der Waals surface area contributed by atoms with Crippen LogP contribution >= 0.6 is 0 Å². The lowest BCUT2D eigenvalue weighted by molar-refractivity contribution is -0.385. The molecule has 0 spiro atoms. The lowest BCUT2D eigenvalue weighted by Crippen LogP contribution is -2.11. The topological polar surface area (TPSA) is 69.4 Å². The van der Waals surface area contributed by atoms with Crippen LogP contribution in [0.1, 0.15) is 28.9 Å². The van der Waals surface area contributed by atoms with E-state index in [9.17, 15) is 14.9 Å². The molecule has 0 heterocycles. The quantitative estimate of drug-likeness (QED) is 0.484. The average molecular weight is 271 g/mol. The van der Waals surface area contributed by atoms with E-state index >= 15 is 0 Å². The molecule has 0 bridgehead atoms. The van der Waals surface area contributed by atoms with E-state index in [-0.39, 0.29) is 11.3 Å². The third-order valence-electron chi connectivity index (χ3n) is 2.87. The van der Waals surface area contributed by atoms with Crippen molar-refractivity contribution in [2.75, 3.05) is 0 Å². The number of ether oxygens (including phenoxy) is 1. The maximum Gasteiger partial charge on any atom is 0.345 e. The highest BCUT2D eigenvalue weighted by atomic mass is 16.6. The van der Waals surface area contributed by atoms with E-state index in [1.165, 1.54) is 18.2 Å². The van der Waals surface area contributed by atoms with Gasteiger partial charge in [0.15, 0.2) is 0 Å². The van der Waals surface area contributed by atoms with Gasteiger partial charge in [-0.3, -0.25) is 10.1 Å². The minimum absolute atomic E-state index is 0.0414. The number of esters is 1. The zero-order chi connectivity index (χ0) is 14.5. The smallest absolute Gasteiger partial charge is 0.345 e. The van der Waals surface area contributed by atoms with Crippen molar-refractivity contribution in [2.45, 2.75) is 13.0 Å². The minimum Gasteiger partial charge on any atom is -0.454 e. The molecule has 1 atom stereocenters. The Balaban J connectivity index is 2.19. The van der Waals surface area contributed by atoms with Crippen LogP contribution in [0.5, 0.6) is 0 Å². The Hall–Kier alpha value is -2.69. The zero-order valence-electron chi connectivity index (χ0n) is 10.9. The van der Waals surface area contributed by atoms with Gasteiger partial charge in [-0.25, -0.2) is 4.79 Å². The van der Waals surface area contributed by atoms with Gasteiger partial charge in [-0.15, -0.1) is 0 Å². The minimum atomic E-state index is -0.700. The van der Waals surface area contributed by atoms with E-state index in [0.29, 0.717) is 0 Å². The van der Waals surface area contributed by atoms with E-state index in [0.717, 1.165) is 5.56 Å². The molecule has 0 unspecified atom stereocenters. The molecule has 0 aromatic heterocycles. The van der Waals surface area contributed by atoms with Crippen LogP contribution in [-0.2, 0) is 4.74 Å². The van der Waals surface area contributed by atoms with Gasteiger partial charge in [-0.05, 0) is 18.6 Å². The number of hydrogen-bond acceptors (Lipinski definition) is 4. The summed E-state index contributed by atoms with van der Waals surface area (Å²) in [6.07, 6.45) is -0.469. The van der Waals surface area contributed by atoms with Crippen LogP contribution in [0.15, 0.2) is 54.6 Å². The predicted octanol–water partition coefficient (Wildman–Crippen LogP) is 3.51. The van der Waals surface area contributed by atoms with Crippen LogP contribution in [0.2, 0.25) is 0 Å². The summed E-state index contributed by atoms with van der Waals surface area (Å²) >= 11 is 0. The summed E-state index contributed by atoms with van der Waals surface area (Å²) in [5, 5.41) is 10.9. The summed E-state index contributed by atoms with van der Waals surface area (Å²) in [6, 6.07) is 14.9. The van der Waals surface area contributed by atoms with Gasteiger partial charge in [-0.1, -0.05) is 42.5 Å². The SMILES string of the molecule is C[C@@H](OC(=O)c1ccccc1[N+](=O)[O-])c1ccccc1. The molecule has 0 radical (unpaired) electrons. The van der Waals surface area contributed by atoms with Crippen LogP contribution in [0.25, 0.3) is 0 Å². The van der Waals surface area contributed by atoms with Gasteiger partial charge >= 0.3 is 5.97 Å². The van der Waals surface area contributed by atoms with Crippen molar-refractivity contribution in [1.29, 1.82) is 0 Å². The van der Waals surface area contributed by atoms with Crippen LogP contribution < -0.4 is 0 Å². The maximum atomic E-state index is 12.0. The van der Waals surface area contributed by atoms with Gasteiger partial charge < -0.3 is 4.74 Å². The molecule has 0 amide bonds. The van der Waals surface area contributed by atoms with Crippen molar-refractivity contribution in [2.24, 2.45) is 0 Å². The third-order valence-corrected chi connectivity index (χ3v) is 2.87. The highest BCUT2D eigenvalue weighted by Crippen LogP contribution is 2.23. The van der Waals surface area contributed by atoms with Crippen molar-refractivity contribution in [3.8, 4) is 0 Å². The predicted molar refractivity (Wildman–Crippen MR) is 73.4 cm³/mol. The largest absolute Gasteiger partial charge is 0.454 e. The normalized spacial score (nSPS) is 11.7. The molecule has 0 fully saturated rings. The molecule has 0 saturated carbocycles. The van der Waals surface area contributed by atoms with E-state index in [4.69, 9.17) is 4.74 Å². The monoisotopic (exact) mass is 271 g/mol. The van der Waals surface area contributed by atoms with E-state index < -0.39 is 17.0 Å². The molecule has 5 heteroatoms. The van der Waals surface area contributed by atoms with Gasteiger partial charge in [0, 0.05) is 6.07 Å². The van der Waals surface area contributed by atoms with Crippen molar-refractivity contribution in [3.05, 3.63) is 75.8 Å². The van der Waals surface area contributed by atoms with Gasteiger partial charge in [0.25, 0.3) is 5.69 Å². The highest BCUT2D eigenvalue weighted by Gasteiger charge is 2.22. The Kier molecular flexibility index (Phi) is 4.10. The molecule has 102 valence electrons. The Bertz CT molecular complexity index is 625. The summed E-state index contributed by atoms with van der Waals surface area (Å²) in [4.78, 5) is 22.3. The van der Waals surface area contributed by atoms with Crippen LogP contribution in [0.3, 0.4) is 0 Å². The van der Waals surface area contributed by atoms with Crippen LogP contribution in [0.4, 0.5) is 5.69 Å². The van der Waals surface area contributed by atoms with Gasteiger partial charge in [0.1, 0.15) is 11.7 Å². The number of carbonyl (C=O) groups excluding carboxylic acids is 1. The van der Waals surface area contributed by atoms with E-state index in [2.05, 4.69) is 0 Å². The average Bonchev–Trinajstić information content (AvgIpc) is 2.48. The summed E-state index contributed by atoms with van der Waals surface area (Å²) in [5.41, 5.74) is 0.539. The van der Waals surface area contributed by atoms with Gasteiger partial charge in [-0.2, -0.15) is 0 Å². The molecular formula is C15H13NO4. The molecule has 0 saturated heterocycles. The first kappa shape index (κ1) is 13.7. The first-order valence-corrected chi connectivity index (χ1v) is 6.09. The number of hydrogen-bond donors (Lipinski definition) is 0. The number of nitro groups is 1. The van der Waals surface area contributed by atoms with Crippen molar-refractivity contribution < 1.29 is 14.5 Å². The highest BCUT2D eigenvalue weighted by molar-refractivity contribution is 5.93. The molecule has 20 heavy (non-hydrogen) atoms. The van der Waals surface area contributed by atoms with Crippen LogP contribution in [0, 0.1) is 10.1 Å². The fourth-order valence-electron chi connectivity index (χ4n) is 1.82. The van der Waals surface area contributed by atoms with Gasteiger partial charge in [0.2, 0.25) is 0 Å². The molecule has 0 aliphatic heterocycles. The second kappa shape index (κ2) is 5.97. The Morgan fingerprint density at radius 1 is 1.10 bits per heavy atom. The second-order valence-corrected chi connectivity index (χ2v) is 4.23. The standard InChI is InChI=1S/C15H13NO4/c1-11(12-7-3-2-4-8-12)20-15(17)13-9-5-6-10-14(13)16(18)19/h2-11H,1H3/t11-/m1/s1. The molecule has 0 N–H and O–H groups in total. The van der Waals surface area contributed by atoms with Crippen molar-refractivity contribution >= 4 is 11.7 Å². The molecular weight excluding hydrogens is 258 g/mol. The number of para-hydroxylation sites is 1. The molecule has 2 rings (SSSR count). The third kappa shape index (κ3) is 3.00. The first-order valence-electron chi connectivity index (χ1n) is 6.09. The number of nitrogens with zero attached hydrogens (tertiary/aromatic N) is 1. The zero-order valence-corrected chi connectivity index (χ0v) is 10.9. The molecule has 0 aliphatic rings. The number of carbonyl (C=O) groups is 1. The second-order valence-electron chi connectivity index (χ2n) is 4.23. The number of nitro benzene ring substituents is 1. The fraction of sp³-hybridized carbons (Fsp3) is 0.133. The molecule has 2 aromatic carbocycles. The van der Waals surface area contributed by atoms with Gasteiger partial charge in [0.05, 0.1) is 4.92 Å². The Morgan fingerprint density at radius 3 is 2.35 bits per heavy atom. The summed E-state index contributed by atoms with van der Waals surface area (Å²) in [5.74, 6) is -0.700. The number of benzene rings is 2. The fourth-order valence-corrected chi connectivity index (χ4v) is 1.82.